The second kappa shape index (κ2) is 5.88. The van der Waals surface area contributed by atoms with Crippen LogP contribution in [-0.4, -0.2) is 5.78 Å². The van der Waals surface area contributed by atoms with E-state index in [0.29, 0.717) is 27.9 Å². The molecule has 1 fully saturated rings. The van der Waals surface area contributed by atoms with Crippen LogP contribution in [0.3, 0.4) is 0 Å². The van der Waals surface area contributed by atoms with Crippen molar-refractivity contribution in [3.8, 4) is 0 Å². The third kappa shape index (κ3) is 3.46. The number of Topliss-reactive ketones (excluding diaryl/α,β-unsaturated/α-hetero) is 1. The third-order valence-electron chi connectivity index (χ3n) is 3.44. The first kappa shape index (κ1) is 12.9. The molecule has 0 unspecified atom stereocenters. The SMILES string of the molecule is O=C(CC1CCCCC1)c1ccc(Cl)c(Cl)c1. The number of hydrogen-bond donors (Lipinski definition) is 0. The van der Waals surface area contributed by atoms with Crippen molar-refractivity contribution in [3.05, 3.63) is 33.8 Å². The molecular formula is C14H16Cl2O. The van der Waals surface area contributed by atoms with E-state index in [2.05, 4.69) is 0 Å². The van der Waals surface area contributed by atoms with Crippen molar-refractivity contribution >= 4 is 29.0 Å². The molecule has 0 bridgehead atoms. The van der Waals surface area contributed by atoms with Crippen molar-refractivity contribution in [3.63, 3.8) is 0 Å². The Morgan fingerprint density at radius 1 is 1.12 bits per heavy atom. The van der Waals surface area contributed by atoms with Crippen molar-refractivity contribution in [2.75, 3.05) is 0 Å². The highest BCUT2D eigenvalue weighted by Gasteiger charge is 2.18. The van der Waals surface area contributed by atoms with Gasteiger partial charge < -0.3 is 0 Å². The quantitative estimate of drug-likeness (QED) is 0.695. The lowest BCUT2D eigenvalue weighted by molar-refractivity contribution is 0.0950. The zero-order chi connectivity index (χ0) is 12.3. The van der Waals surface area contributed by atoms with Crippen molar-refractivity contribution in [2.45, 2.75) is 38.5 Å². The van der Waals surface area contributed by atoms with Gasteiger partial charge in [-0.15, -0.1) is 0 Å². The number of halogens is 2. The van der Waals surface area contributed by atoms with Crippen LogP contribution in [0.1, 0.15) is 48.9 Å². The van der Waals surface area contributed by atoms with E-state index in [1.54, 1.807) is 18.2 Å². The lowest BCUT2D eigenvalue weighted by Crippen LogP contribution is -2.12. The summed E-state index contributed by atoms with van der Waals surface area (Å²) in [6, 6.07) is 5.13. The largest absolute Gasteiger partial charge is 0.294 e. The summed E-state index contributed by atoms with van der Waals surface area (Å²) >= 11 is 11.8. The first-order valence-electron chi connectivity index (χ1n) is 6.15. The van der Waals surface area contributed by atoms with Gasteiger partial charge in [0.1, 0.15) is 0 Å². The van der Waals surface area contributed by atoms with Gasteiger partial charge in [-0.3, -0.25) is 4.79 Å². The molecule has 0 saturated heterocycles. The predicted molar refractivity (Wildman–Crippen MR) is 72.0 cm³/mol. The molecule has 0 atom stereocenters. The molecule has 92 valence electrons. The van der Waals surface area contributed by atoms with E-state index in [1.807, 2.05) is 0 Å². The van der Waals surface area contributed by atoms with Crippen LogP contribution < -0.4 is 0 Å². The Labute approximate surface area is 112 Å². The number of rotatable bonds is 3. The molecule has 0 N–H and O–H groups in total. The highest BCUT2D eigenvalue weighted by molar-refractivity contribution is 6.42. The minimum Gasteiger partial charge on any atom is -0.294 e. The van der Waals surface area contributed by atoms with E-state index < -0.39 is 0 Å². The molecule has 0 heterocycles. The predicted octanol–water partition coefficient (Wildman–Crippen LogP) is 5.15. The van der Waals surface area contributed by atoms with Crippen molar-refractivity contribution in [2.24, 2.45) is 5.92 Å². The summed E-state index contributed by atoms with van der Waals surface area (Å²) in [7, 11) is 0. The highest BCUT2D eigenvalue weighted by Crippen LogP contribution is 2.29. The summed E-state index contributed by atoms with van der Waals surface area (Å²) in [4.78, 5) is 12.1. The molecule has 0 aromatic heterocycles. The minimum atomic E-state index is 0.190. The second-order valence-electron chi connectivity index (χ2n) is 4.76. The smallest absolute Gasteiger partial charge is 0.163 e. The highest BCUT2D eigenvalue weighted by atomic mass is 35.5. The summed E-state index contributed by atoms with van der Waals surface area (Å²) in [5, 5.41) is 0.960. The van der Waals surface area contributed by atoms with Gasteiger partial charge in [-0.1, -0.05) is 55.3 Å². The van der Waals surface area contributed by atoms with Gasteiger partial charge in [-0.25, -0.2) is 0 Å². The molecule has 0 radical (unpaired) electrons. The molecule has 1 saturated carbocycles. The summed E-state index contributed by atoms with van der Waals surface area (Å²) in [6.07, 6.45) is 6.87. The molecule has 1 nitrogen and oxygen atoms in total. The van der Waals surface area contributed by atoms with Gasteiger partial charge in [0.15, 0.2) is 5.78 Å². The number of carbonyl (C=O) groups excluding carboxylic acids is 1. The minimum absolute atomic E-state index is 0.190. The van der Waals surface area contributed by atoms with E-state index in [4.69, 9.17) is 23.2 Å². The van der Waals surface area contributed by atoms with Crippen molar-refractivity contribution in [1.29, 1.82) is 0 Å². The topological polar surface area (TPSA) is 17.1 Å². The van der Waals surface area contributed by atoms with Crippen LogP contribution in [0.15, 0.2) is 18.2 Å². The van der Waals surface area contributed by atoms with E-state index in [-0.39, 0.29) is 5.78 Å². The van der Waals surface area contributed by atoms with Crippen LogP contribution in [0, 0.1) is 5.92 Å². The van der Waals surface area contributed by atoms with E-state index in [1.165, 1.54) is 32.1 Å². The fraction of sp³-hybridized carbons (Fsp3) is 0.500. The van der Waals surface area contributed by atoms with Crippen LogP contribution in [0.5, 0.6) is 0 Å². The first-order valence-corrected chi connectivity index (χ1v) is 6.90. The maximum atomic E-state index is 12.1. The zero-order valence-corrected chi connectivity index (χ0v) is 11.2. The molecular weight excluding hydrogens is 255 g/mol. The van der Waals surface area contributed by atoms with Crippen molar-refractivity contribution < 1.29 is 4.79 Å². The zero-order valence-electron chi connectivity index (χ0n) is 9.72. The van der Waals surface area contributed by atoms with E-state index >= 15 is 0 Å². The van der Waals surface area contributed by atoms with Crippen molar-refractivity contribution in [1.82, 2.24) is 0 Å². The molecule has 1 aliphatic rings. The summed E-state index contributed by atoms with van der Waals surface area (Å²) in [5.74, 6) is 0.751. The Balaban J connectivity index is 2.01. The van der Waals surface area contributed by atoms with Gasteiger partial charge in [0.05, 0.1) is 10.0 Å². The molecule has 17 heavy (non-hydrogen) atoms. The van der Waals surface area contributed by atoms with Gasteiger partial charge in [-0.05, 0) is 24.1 Å². The summed E-state index contributed by atoms with van der Waals surface area (Å²) < 4.78 is 0. The van der Waals surface area contributed by atoms with Gasteiger partial charge in [0, 0.05) is 12.0 Å². The first-order chi connectivity index (χ1) is 8.16. The number of ketones is 1. The average molecular weight is 271 g/mol. The lowest BCUT2D eigenvalue weighted by atomic mass is 9.85. The fourth-order valence-corrected chi connectivity index (χ4v) is 2.74. The van der Waals surface area contributed by atoms with Crippen LogP contribution in [0.25, 0.3) is 0 Å². The molecule has 1 aromatic rings. The number of carbonyl (C=O) groups is 1. The van der Waals surface area contributed by atoms with E-state index in [0.717, 1.165) is 0 Å². The fourth-order valence-electron chi connectivity index (χ4n) is 2.44. The second-order valence-corrected chi connectivity index (χ2v) is 5.57. The Kier molecular flexibility index (Phi) is 4.47. The Hall–Kier alpha value is -0.530. The standard InChI is InChI=1S/C14H16Cl2O/c15-12-7-6-11(9-13(12)16)14(17)8-10-4-2-1-3-5-10/h6-7,9-10H,1-5,8H2. The summed E-state index contributed by atoms with van der Waals surface area (Å²) in [6.45, 7) is 0. The average Bonchev–Trinajstić information content (AvgIpc) is 2.34. The van der Waals surface area contributed by atoms with E-state index in [9.17, 15) is 4.79 Å². The Bertz CT molecular complexity index is 409. The molecule has 1 aliphatic carbocycles. The monoisotopic (exact) mass is 270 g/mol. The molecule has 0 aliphatic heterocycles. The molecule has 0 amide bonds. The number of hydrogen-bond acceptors (Lipinski definition) is 1. The number of benzene rings is 1. The van der Waals surface area contributed by atoms with Crippen LogP contribution in [-0.2, 0) is 0 Å². The lowest BCUT2D eigenvalue weighted by Gasteiger charge is -2.20. The maximum absolute atomic E-state index is 12.1. The molecule has 0 spiro atoms. The maximum Gasteiger partial charge on any atom is 0.163 e. The Morgan fingerprint density at radius 2 is 1.82 bits per heavy atom. The summed E-state index contributed by atoms with van der Waals surface area (Å²) in [5.41, 5.74) is 0.685. The van der Waals surface area contributed by atoms with Crippen LogP contribution in [0.4, 0.5) is 0 Å². The molecule has 2 rings (SSSR count). The molecule has 1 aromatic carbocycles. The molecule has 3 heteroatoms. The third-order valence-corrected chi connectivity index (χ3v) is 4.18. The van der Waals surface area contributed by atoms with Crippen LogP contribution >= 0.6 is 23.2 Å². The van der Waals surface area contributed by atoms with Crippen LogP contribution in [0.2, 0.25) is 10.0 Å². The van der Waals surface area contributed by atoms with Gasteiger partial charge >= 0.3 is 0 Å². The Morgan fingerprint density at radius 3 is 2.47 bits per heavy atom. The van der Waals surface area contributed by atoms with Gasteiger partial charge in [0.2, 0.25) is 0 Å². The normalized spacial score (nSPS) is 17.1. The van der Waals surface area contributed by atoms with Gasteiger partial charge in [-0.2, -0.15) is 0 Å². The van der Waals surface area contributed by atoms with Gasteiger partial charge in [0.25, 0.3) is 0 Å².